The van der Waals surface area contributed by atoms with Gasteiger partial charge in [0, 0.05) is 6.54 Å². The molecule has 0 fully saturated rings. The van der Waals surface area contributed by atoms with Crippen LogP contribution in [0.1, 0.15) is 52.9 Å². The Balaban J connectivity index is 3.21. The maximum Gasteiger partial charge on any atom is 0.309 e. The number of nitrogens with one attached hydrogen (secondary N) is 1. The predicted molar refractivity (Wildman–Crippen MR) is 72.0 cm³/mol. The van der Waals surface area contributed by atoms with E-state index in [9.17, 15) is 4.79 Å². The Bertz CT molecular complexity index is 193. The molecule has 0 aromatic carbocycles. The fourth-order valence-corrected chi connectivity index (χ4v) is 1.76. The maximum absolute atomic E-state index is 11.1. The van der Waals surface area contributed by atoms with Gasteiger partial charge in [-0.15, -0.1) is 0 Å². The minimum Gasteiger partial charge on any atom is -0.469 e. The average Bonchev–Trinajstić information content (AvgIpc) is 2.30. The van der Waals surface area contributed by atoms with E-state index in [0.717, 1.165) is 19.0 Å². The Morgan fingerprint density at radius 2 is 1.76 bits per heavy atom. The molecule has 0 saturated heterocycles. The smallest absolute Gasteiger partial charge is 0.309 e. The van der Waals surface area contributed by atoms with Crippen molar-refractivity contribution in [3.05, 3.63) is 0 Å². The summed E-state index contributed by atoms with van der Waals surface area (Å²) in [6.45, 7) is 8.16. The van der Waals surface area contributed by atoms with Gasteiger partial charge in [-0.3, -0.25) is 4.79 Å². The van der Waals surface area contributed by atoms with Crippen molar-refractivity contribution in [3.8, 4) is 0 Å². The minimum atomic E-state index is -0.130. The van der Waals surface area contributed by atoms with E-state index in [0.29, 0.717) is 0 Å². The molecule has 0 aliphatic carbocycles. The molecule has 0 spiro atoms. The molecular formula is C14H29NO2. The van der Waals surface area contributed by atoms with E-state index in [1.54, 1.807) is 0 Å². The lowest BCUT2D eigenvalue weighted by molar-refractivity contribution is -0.144. The van der Waals surface area contributed by atoms with Crippen molar-refractivity contribution in [2.24, 2.45) is 11.8 Å². The van der Waals surface area contributed by atoms with E-state index in [4.69, 9.17) is 0 Å². The van der Waals surface area contributed by atoms with Gasteiger partial charge in [-0.2, -0.15) is 0 Å². The highest BCUT2D eigenvalue weighted by Gasteiger charge is 2.11. The van der Waals surface area contributed by atoms with Crippen LogP contribution >= 0.6 is 0 Å². The number of esters is 1. The van der Waals surface area contributed by atoms with Crippen LogP contribution < -0.4 is 5.32 Å². The van der Waals surface area contributed by atoms with E-state index in [1.165, 1.54) is 39.2 Å². The van der Waals surface area contributed by atoms with Crippen LogP contribution in [-0.4, -0.2) is 26.2 Å². The van der Waals surface area contributed by atoms with Gasteiger partial charge in [-0.05, 0) is 18.9 Å². The molecular weight excluding hydrogens is 214 g/mol. The summed E-state index contributed by atoms with van der Waals surface area (Å²) in [6.07, 6.45) is 6.49. The number of hydrogen-bond donors (Lipinski definition) is 1. The molecule has 3 heteroatoms. The average molecular weight is 243 g/mol. The summed E-state index contributed by atoms with van der Waals surface area (Å²) in [6, 6.07) is 0. The quantitative estimate of drug-likeness (QED) is 0.473. The van der Waals surface area contributed by atoms with Gasteiger partial charge in [0.15, 0.2) is 0 Å². The van der Waals surface area contributed by atoms with Crippen LogP contribution in [0.3, 0.4) is 0 Å². The van der Waals surface area contributed by atoms with E-state index >= 15 is 0 Å². The Labute approximate surface area is 106 Å². The van der Waals surface area contributed by atoms with E-state index in [2.05, 4.69) is 23.9 Å². The molecule has 3 nitrogen and oxygen atoms in total. The van der Waals surface area contributed by atoms with Crippen molar-refractivity contribution < 1.29 is 9.53 Å². The number of carbonyl (C=O) groups excluding carboxylic acids is 1. The van der Waals surface area contributed by atoms with Gasteiger partial charge in [-0.25, -0.2) is 0 Å². The number of rotatable bonds is 10. The Morgan fingerprint density at radius 3 is 2.35 bits per heavy atom. The molecule has 0 aromatic rings. The van der Waals surface area contributed by atoms with Crippen LogP contribution in [0, 0.1) is 11.8 Å². The second kappa shape index (κ2) is 10.6. The third kappa shape index (κ3) is 10.3. The lowest BCUT2D eigenvalue weighted by Crippen LogP contribution is -2.27. The first-order chi connectivity index (χ1) is 8.07. The zero-order chi connectivity index (χ0) is 13.1. The zero-order valence-electron chi connectivity index (χ0n) is 11.9. The largest absolute Gasteiger partial charge is 0.469 e. The Kier molecular flexibility index (Phi) is 10.2. The number of carbonyl (C=O) groups is 1. The molecule has 1 N–H and O–H groups in total. The van der Waals surface area contributed by atoms with Gasteiger partial charge in [0.05, 0.1) is 13.0 Å². The van der Waals surface area contributed by atoms with Gasteiger partial charge in [-0.1, -0.05) is 46.5 Å². The van der Waals surface area contributed by atoms with Crippen molar-refractivity contribution in [1.82, 2.24) is 5.32 Å². The number of ether oxygens (including phenoxy) is 1. The first kappa shape index (κ1) is 16.4. The molecule has 0 aromatic heterocycles. The maximum atomic E-state index is 11.1. The van der Waals surface area contributed by atoms with Gasteiger partial charge in [0.2, 0.25) is 0 Å². The first-order valence-corrected chi connectivity index (χ1v) is 6.86. The molecule has 0 aliphatic rings. The molecule has 1 atom stereocenters. The molecule has 1 unspecified atom stereocenters. The van der Waals surface area contributed by atoms with Crippen molar-refractivity contribution in [2.45, 2.75) is 52.9 Å². The standard InChI is InChI=1S/C14H29NO2/c1-12(2)9-7-5-6-8-10-15-11-13(3)14(16)17-4/h12-13,15H,5-11H2,1-4H3. The van der Waals surface area contributed by atoms with E-state index < -0.39 is 0 Å². The summed E-state index contributed by atoms with van der Waals surface area (Å²) in [7, 11) is 1.44. The molecule has 102 valence electrons. The fourth-order valence-electron chi connectivity index (χ4n) is 1.76. The molecule has 0 heterocycles. The van der Waals surface area contributed by atoms with Crippen LogP contribution in [-0.2, 0) is 9.53 Å². The minimum absolute atomic E-state index is 0.0408. The molecule has 0 aliphatic heterocycles. The normalized spacial score (nSPS) is 12.8. The van der Waals surface area contributed by atoms with Crippen LogP contribution in [0.25, 0.3) is 0 Å². The summed E-state index contributed by atoms with van der Waals surface area (Å²) in [5.41, 5.74) is 0. The first-order valence-electron chi connectivity index (χ1n) is 6.86. The van der Waals surface area contributed by atoms with Crippen LogP contribution in [0.15, 0.2) is 0 Å². The van der Waals surface area contributed by atoms with Gasteiger partial charge < -0.3 is 10.1 Å². The second-order valence-corrected chi connectivity index (χ2v) is 5.23. The second-order valence-electron chi connectivity index (χ2n) is 5.23. The van der Waals surface area contributed by atoms with Gasteiger partial charge in [0.1, 0.15) is 0 Å². The van der Waals surface area contributed by atoms with Crippen molar-refractivity contribution >= 4 is 5.97 Å². The van der Waals surface area contributed by atoms with E-state index in [-0.39, 0.29) is 11.9 Å². The highest BCUT2D eigenvalue weighted by Crippen LogP contribution is 2.08. The van der Waals surface area contributed by atoms with Crippen LogP contribution in [0.4, 0.5) is 0 Å². The predicted octanol–water partition coefficient (Wildman–Crippen LogP) is 2.99. The molecule has 0 saturated carbocycles. The third-order valence-corrected chi connectivity index (χ3v) is 2.94. The summed E-state index contributed by atoms with van der Waals surface area (Å²) >= 11 is 0. The summed E-state index contributed by atoms with van der Waals surface area (Å²) in [4.78, 5) is 11.1. The highest BCUT2D eigenvalue weighted by atomic mass is 16.5. The fraction of sp³-hybridized carbons (Fsp3) is 0.929. The number of methoxy groups -OCH3 is 1. The summed E-state index contributed by atoms with van der Waals surface area (Å²) in [5, 5.41) is 3.30. The van der Waals surface area contributed by atoms with Crippen molar-refractivity contribution in [1.29, 1.82) is 0 Å². The SMILES string of the molecule is COC(=O)C(C)CNCCCCCCC(C)C. The van der Waals surface area contributed by atoms with Crippen LogP contribution in [0.2, 0.25) is 0 Å². The monoisotopic (exact) mass is 243 g/mol. The van der Waals surface area contributed by atoms with Gasteiger partial charge >= 0.3 is 5.97 Å². The van der Waals surface area contributed by atoms with Gasteiger partial charge in [0.25, 0.3) is 0 Å². The highest BCUT2D eigenvalue weighted by molar-refractivity contribution is 5.71. The third-order valence-electron chi connectivity index (χ3n) is 2.94. The lowest BCUT2D eigenvalue weighted by Gasteiger charge is -2.10. The van der Waals surface area contributed by atoms with E-state index in [1.807, 2.05) is 6.92 Å². The lowest BCUT2D eigenvalue weighted by atomic mass is 10.0. The van der Waals surface area contributed by atoms with Crippen molar-refractivity contribution in [2.75, 3.05) is 20.2 Å². The molecule has 0 bridgehead atoms. The number of hydrogen-bond acceptors (Lipinski definition) is 3. The molecule has 0 amide bonds. The van der Waals surface area contributed by atoms with Crippen molar-refractivity contribution in [3.63, 3.8) is 0 Å². The molecule has 0 rings (SSSR count). The molecule has 0 radical (unpaired) electrons. The topological polar surface area (TPSA) is 38.3 Å². The zero-order valence-corrected chi connectivity index (χ0v) is 11.9. The Morgan fingerprint density at radius 1 is 1.12 bits per heavy atom. The molecule has 17 heavy (non-hydrogen) atoms. The van der Waals surface area contributed by atoms with Crippen LogP contribution in [0.5, 0.6) is 0 Å². The Hall–Kier alpha value is -0.570. The summed E-state index contributed by atoms with van der Waals surface area (Å²) in [5.74, 6) is 0.657. The summed E-state index contributed by atoms with van der Waals surface area (Å²) < 4.78 is 4.67. The number of unbranched alkanes of at least 4 members (excludes halogenated alkanes) is 3.